The third-order valence-electron chi connectivity index (χ3n) is 3.10. The second-order valence-electron chi connectivity index (χ2n) is 4.89. The molecule has 0 aliphatic carbocycles. The summed E-state index contributed by atoms with van der Waals surface area (Å²) in [7, 11) is 0. The van der Waals surface area contributed by atoms with Crippen LogP contribution in [0.15, 0.2) is 47.4 Å². The van der Waals surface area contributed by atoms with E-state index in [0.717, 1.165) is 17.3 Å². The Hall–Kier alpha value is -1.85. The predicted molar refractivity (Wildman–Crippen MR) is 90.4 cm³/mol. The lowest BCUT2D eigenvalue weighted by Gasteiger charge is -2.07. The molecule has 0 radical (unpaired) electrons. The summed E-state index contributed by atoms with van der Waals surface area (Å²) < 4.78 is 13.8. The Bertz CT molecular complexity index is 719. The predicted octanol–water partition coefficient (Wildman–Crippen LogP) is 4.09. The topological polar surface area (TPSA) is 46.2 Å². The van der Waals surface area contributed by atoms with E-state index in [2.05, 4.69) is 5.32 Å². The number of hydrogen-bond acceptors (Lipinski definition) is 3. The fraction of sp³-hybridized carbons (Fsp3) is 0.176. The van der Waals surface area contributed by atoms with Crippen molar-refractivity contribution in [2.45, 2.75) is 18.4 Å². The van der Waals surface area contributed by atoms with Crippen LogP contribution in [0, 0.1) is 5.82 Å². The normalized spacial score (nSPS) is 10.4. The van der Waals surface area contributed by atoms with Gasteiger partial charge in [0.25, 0.3) is 0 Å². The smallest absolute Gasteiger partial charge is 0.230 e. The number of Topliss-reactive ketones (excluding diaryl/α,β-unsaturated/α-hetero) is 1. The van der Waals surface area contributed by atoms with Gasteiger partial charge in [-0.3, -0.25) is 9.59 Å². The summed E-state index contributed by atoms with van der Waals surface area (Å²) >= 11 is 6.88. The number of carbonyl (C=O) groups excluding carboxylic acids is 2. The van der Waals surface area contributed by atoms with Gasteiger partial charge in [0.15, 0.2) is 5.78 Å². The maximum Gasteiger partial charge on any atom is 0.230 e. The molecule has 2 rings (SSSR count). The van der Waals surface area contributed by atoms with E-state index in [-0.39, 0.29) is 17.4 Å². The summed E-state index contributed by atoms with van der Waals surface area (Å²) in [6, 6.07) is 11.4. The Morgan fingerprint density at radius 2 is 1.87 bits per heavy atom. The second-order valence-corrected chi connectivity index (χ2v) is 6.35. The average Bonchev–Trinajstić information content (AvgIpc) is 2.53. The van der Waals surface area contributed by atoms with Gasteiger partial charge in [0, 0.05) is 22.0 Å². The first-order valence-electron chi connectivity index (χ1n) is 6.90. The number of benzene rings is 2. The van der Waals surface area contributed by atoms with Crippen molar-refractivity contribution < 1.29 is 14.0 Å². The van der Waals surface area contributed by atoms with Crippen LogP contribution in [-0.4, -0.2) is 17.4 Å². The highest BCUT2D eigenvalue weighted by molar-refractivity contribution is 8.00. The number of carbonyl (C=O) groups is 2. The van der Waals surface area contributed by atoms with Crippen molar-refractivity contribution in [3.05, 3.63) is 64.4 Å². The zero-order valence-corrected chi connectivity index (χ0v) is 14.0. The van der Waals surface area contributed by atoms with E-state index in [1.54, 1.807) is 18.2 Å². The highest BCUT2D eigenvalue weighted by Crippen LogP contribution is 2.22. The molecule has 2 aromatic carbocycles. The van der Waals surface area contributed by atoms with E-state index in [4.69, 9.17) is 11.6 Å². The van der Waals surface area contributed by atoms with Crippen molar-refractivity contribution in [3.8, 4) is 0 Å². The molecule has 0 atom stereocenters. The summed E-state index contributed by atoms with van der Waals surface area (Å²) in [6.45, 7) is 1.77. The van der Waals surface area contributed by atoms with Crippen LogP contribution in [0.25, 0.3) is 0 Å². The Morgan fingerprint density at radius 1 is 1.17 bits per heavy atom. The minimum atomic E-state index is -0.492. The molecule has 0 bridgehead atoms. The molecule has 0 saturated heterocycles. The van der Waals surface area contributed by atoms with E-state index in [1.807, 2.05) is 12.1 Å². The summed E-state index contributed by atoms with van der Waals surface area (Å²) in [5, 5.41) is 3.40. The quantitative estimate of drug-likeness (QED) is 0.629. The lowest BCUT2D eigenvalue weighted by molar-refractivity contribution is -0.118. The van der Waals surface area contributed by atoms with Gasteiger partial charge in [-0.1, -0.05) is 29.8 Å². The van der Waals surface area contributed by atoms with E-state index in [9.17, 15) is 14.0 Å². The van der Waals surface area contributed by atoms with Gasteiger partial charge in [-0.2, -0.15) is 0 Å². The lowest BCUT2D eigenvalue weighted by atomic mass is 10.1. The van der Waals surface area contributed by atoms with Gasteiger partial charge >= 0.3 is 0 Å². The van der Waals surface area contributed by atoms with Crippen molar-refractivity contribution in [2.75, 3.05) is 5.75 Å². The molecule has 0 aromatic heterocycles. The molecule has 6 heteroatoms. The van der Waals surface area contributed by atoms with Gasteiger partial charge in [0.1, 0.15) is 5.82 Å². The SMILES string of the molecule is CC(=O)c1ccc(SCC(=O)NCc2ccc(Cl)cc2)c(F)c1. The van der Waals surface area contributed by atoms with Crippen molar-refractivity contribution in [2.24, 2.45) is 0 Å². The van der Waals surface area contributed by atoms with E-state index in [1.165, 1.54) is 19.1 Å². The Kier molecular flexibility index (Phi) is 6.19. The number of amides is 1. The van der Waals surface area contributed by atoms with Crippen molar-refractivity contribution in [1.29, 1.82) is 0 Å². The number of hydrogen-bond donors (Lipinski definition) is 1. The van der Waals surface area contributed by atoms with Crippen LogP contribution in [0.3, 0.4) is 0 Å². The molecule has 1 N–H and O–H groups in total. The minimum absolute atomic E-state index is 0.101. The second kappa shape index (κ2) is 8.13. The monoisotopic (exact) mass is 351 g/mol. The van der Waals surface area contributed by atoms with Gasteiger partial charge in [0.2, 0.25) is 5.91 Å². The molecule has 0 spiro atoms. The molecule has 0 heterocycles. The Labute approximate surface area is 143 Å². The Balaban J connectivity index is 1.84. The van der Waals surface area contributed by atoms with Gasteiger partial charge in [-0.25, -0.2) is 4.39 Å². The van der Waals surface area contributed by atoms with Crippen molar-refractivity contribution in [3.63, 3.8) is 0 Å². The fourth-order valence-corrected chi connectivity index (χ4v) is 2.71. The molecule has 3 nitrogen and oxygen atoms in total. The molecule has 0 unspecified atom stereocenters. The third kappa shape index (κ3) is 5.37. The van der Waals surface area contributed by atoms with Crippen LogP contribution in [0.5, 0.6) is 0 Å². The Morgan fingerprint density at radius 3 is 2.48 bits per heavy atom. The first-order chi connectivity index (χ1) is 11.0. The highest BCUT2D eigenvalue weighted by atomic mass is 35.5. The molecule has 0 saturated carbocycles. The van der Waals surface area contributed by atoms with Gasteiger partial charge in [0.05, 0.1) is 5.75 Å². The zero-order chi connectivity index (χ0) is 16.8. The molecule has 120 valence electrons. The van der Waals surface area contributed by atoms with Crippen LogP contribution >= 0.6 is 23.4 Å². The number of thioether (sulfide) groups is 1. The van der Waals surface area contributed by atoms with Crippen molar-refractivity contribution >= 4 is 35.1 Å². The number of rotatable bonds is 6. The molecular formula is C17H15ClFNO2S. The van der Waals surface area contributed by atoms with E-state index in [0.29, 0.717) is 22.0 Å². The molecule has 2 aromatic rings. The van der Waals surface area contributed by atoms with Crippen LogP contribution in [0.2, 0.25) is 5.02 Å². The highest BCUT2D eigenvalue weighted by Gasteiger charge is 2.09. The van der Waals surface area contributed by atoms with E-state index < -0.39 is 5.82 Å². The van der Waals surface area contributed by atoms with Crippen molar-refractivity contribution in [1.82, 2.24) is 5.32 Å². The summed E-state index contributed by atoms with van der Waals surface area (Å²) in [6.07, 6.45) is 0. The molecule has 23 heavy (non-hydrogen) atoms. The molecule has 0 fully saturated rings. The lowest BCUT2D eigenvalue weighted by Crippen LogP contribution is -2.24. The maximum absolute atomic E-state index is 13.8. The minimum Gasteiger partial charge on any atom is -0.351 e. The number of halogens is 2. The first-order valence-corrected chi connectivity index (χ1v) is 8.26. The van der Waals surface area contributed by atoms with Crippen LogP contribution in [-0.2, 0) is 11.3 Å². The van der Waals surface area contributed by atoms with Gasteiger partial charge in [-0.15, -0.1) is 11.8 Å². The number of ketones is 1. The summed E-state index contributed by atoms with van der Waals surface area (Å²) in [5.41, 5.74) is 1.25. The maximum atomic E-state index is 13.8. The van der Waals surface area contributed by atoms with Gasteiger partial charge < -0.3 is 5.32 Å². The van der Waals surface area contributed by atoms with Crippen LogP contribution in [0.1, 0.15) is 22.8 Å². The fourth-order valence-electron chi connectivity index (χ4n) is 1.83. The average molecular weight is 352 g/mol. The van der Waals surface area contributed by atoms with E-state index >= 15 is 0 Å². The molecule has 0 aliphatic rings. The summed E-state index contributed by atoms with van der Waals surface area (Å²) in [5.74, 6) is -0.779. The molecule has 0 aliphatic heterocycles. The van der Waals surface area contributed by atoms with Gasteiger partial charge in [-0.05, 0) is 36.8 Å². The van der Waals surface area contributed by atoms with Crippen LogP contribution < -0.4 is 5.32 Å². The summed E-state index contributed by atoms with van der Waals surface area (Å²) in [4.78, 5) is 23.3. The number of nitrogens with one attached hydrogen (secondary N) is 1. The zero-order valence-electron chi connectivity index (χ0n) is 12.4. The first kappa shape index (κ1) is 17.5. The molecule has 1 amide bonds. The molecular weight excluding hydrogens is 337 g/mol. The third-order valence-corrected chi connectivity index (χ3v) is 4.40. The standard InChI is InChI=1S/C17H15ClFNO2S/c1-11(21)13-4-7-16(15(19)8-13)23-10-17(22)20-9-12-2-5-14(18)6-3-12/h2-8H,9-10H2,1H3,(H,20,22). The van der Waals surface area contributed by atoms with Crippen LogP contribution in [0.4, 0.5) is 4.39 Å². The largest absolute Gasteiger partial charge is 0.351 e.